The van der Waals surface area contributed by atoms with Gasteiger partial charge in [0.05, 0.1) is 23.3 Å². The zero-order valence-corrected chi connectivity index (χ0v) is 10.5. The van der Waals surface area contributed by atoms with Crippen LogP contribution in [-0.2, 0) is 4.74 Å². The summed E-state index contributed by atoms with van der Waals surface area (Å²) in [6.07, 6.45) is -0.151. The van der Waals surface area contributed by atoms with E-state index < -0.39 is 5.82 Å². The summed E-state index contributed by atoms with van der Waals surface area (Å²) < 4.78 is 18.3. The van der Waals surface area contributed by atoms with Gasteiger partial charge in [0, 0.05) is 19.6 Å². The van der Waals surface area contributed by atoms with Crippen molar-refractivity contribution in [3.8, 4) is 0 Å². The van der Waals surface area contributed by atoms with Gasteiger partial charge in [0.2, 0.25) is 0 Å². The summed E-state index contributed by atoms with van der Waals surface area (Å²) in [5.74, 6) is -0.680. The van der Waals surface area contributed by atoms with Crippen LogP contribution >= 0.6 is 11.6 Å². The molecular formula is C12H14ClFN2O2. The highest BCUT2D eigenvalue weighted by Gasteiger charge is 2.25. The van der Waals surface area contributed by atoms with Gasteiger partial charge in [0.1, 0.15) is 5.82 Å². The van der Waals surface area contributed by atoms with Gasteiger partial charge in [-0.25, -0.2) is 4.39 Å². The monoisotopic (exact) mass is 272 g/mol. The Morgan fingerprint density at radius 2 is 2.39 bits per heavy atom. The molecule has 1 aromatic carbocycles. The van der Waals surface area contributed by atoms with Crippen LogP contribution in [0, 0.1) is 5.82 Å². The summed E-state index contributed by atoms with van der Waals surface area (Å²) in [6, 6.07) is 3.75. The zero-order valence-electron chi connectivity index (χ0n) is 9.73. The van der Waals surface area contributed by atoms with Crippen molar-refractivity contribution in [3.05, 3.63) is 34.6 Å². The Morgan fingerprint density at radius 3 is 3.06 bits per heavy atom. The van der Waals surface area contributed by atoms with Gasteiger partial charge < -0.3 is 15.4 Å². The lowest BCUT2D eigenvalue weighted by Gasteiger charge is -2.32. The van der Waals surface area contributed by atoms with Crippen LogP contribution in [0.1, 0.15) is 10.4 Å². The molecule has 0 spiro atoms. The molecule has 0 bridgehead atoms. The molecule has 1 aromatic rings. The highest BCUT2D eigenvalue weighted by molar-refractivity contribution is 6.33. The average molecular weight is 273 g/mol. The molecule has 1 atom stereocenters. The van der Waals surface area contributed by atoms with Gasteiger partial charge in [0.25, 0.3) is 5.91 Å². The van der Waals surface area contributed by atoms with Crippen LogP contribution in [0.15, 0.2) is 18.2 Å². The van der Waals surface area contributed by atoms with E-state index in [-0.39, 0.29) is 17.0 Å². The lowest BCUT2D eigenvalue weighted by Crippen LogP contribution is -2.48. The molecule has 1 fully saturated rings. The summed E-state index contributed by atoms with van der Waals surface area (Å²) in [5.41, 5.74) is 5.82. The van der Waals surface area contributed by atoms with Crippen molar-refractivity contribution in [2.24, 2.45) is 5.73 Å². The Hall–Kier alpha value is -1.17. The summed E-state index contributed by atoms with van der Waals surface area (Å²) in [5, 5.41) is 0.121. The van der Waals surface area contributed by atoms with Crippen LogP contribution in [0.25, 0.3) is 0 Å². The van der Waals surface area contributed by atoms with Crippen molar-refractivity contribution in [2.75, 3.05) is 26.2 Å². The Labute approximate surface area is 109 Å². The molecule has 0 aromatic heterocycles. The number of benzene rings is 1. The van der Waals surface area contributed by atoms with Gasteiger partial charge in [-0.1, -0.05) is 11.6 Å². The summed E-state index contributed by atoms with van der Waals surface area (Å²) >= 11 is 5.87. The van der Waals surface area contributed by atoms with E-state index in [0.717, 1.165) is 6.07 Å². The second-order valence-corrected chi connectivity index (χ2v) is 4.51. The van der Waals surface area contributed by atoms with Gasteiger partial charge in [-0.3, -0.25) is 4.79 Å². The van der Waals surface area contributed by atoms with Crippen LogP contribution in [0.2, 0.25) is 5.02 Å². The molecule has 1 amide bonds. The van der Waals surface area contributed by atoms with Crippen molar-refractivity contribution in [3.63, 3.8) is 0 Å². The molecule has 2 rings (SSSR count). The van der Waals surface area contributed by atoms with Crippen molar-refractivity contribution in [2.45, 2.75) is 6.10 Å². The lowest BCUT2D eigenvalue weighted by atomic mass is 10.1. The van der Waals surface area contributed by atoms with Gasteiger partial charge in [0.15, 0.2) is 0 Å². The summed E-state index contributed by atoms with van der Waals surface area (Å²) in [6.45, 7) is 1.74. The topological polar surface area (TPSA) is 55.6 Å². The van der Waals surface area contributed by atoms with E-state index in [1.165, 1.54) is 12.1 Å². The highest BCUT2D eigenvalue weighted by atomic mass is 35.5. The summed E-state index contributed by atoms with van der Waals surface area (Å²) in [7, 11) is 0. The number of rotatable bonds is 2. The number of nitrogens with zero attached hydrogens (tertiary/aromatic N) is 1. The molecule has 6 heteroatoms. The Balaban J connectivity index is 2.15. The molecule has 98 valence electrons. The van der Waals surface area contributed by atoms with Crippen molar-refractivity contribution in [1.29, 1.82) is 0 Å². The first-order valence-corrected chi connectivity index (χ1v) is 6.05. The second kappa shape index (κ2) is 5.65. The van der Waals surface area contributed by atoms with Crippen LogP contribution in [0.5, 0.6) is 0 Å². The van der Waals surface area contributed by atoms with Crippen molar-refractivity contribution in [1.82, 2.24) is 4.90 Å². The average Bonchev–Trinajstić information content (AvgIpc) is 2.38. The largest absolute Gasteiger partial charge is 0.373 e. The third-order valence-electron chi connectivity index (χ3n) is 2.85. The minimum atomic E-state index is -0.460. The van der Waals surface area contributed by atoms with E-state index in [9.17, 15) is 9.18 Å². The van der Waals surface area contributed by atoms with Crippen LogP contribution in [0.4, 0.5) is 4.39 Å². The van der Waals surface area contributed by atoms with E-state index in [2.05, 4.69) is 0 Å². The van der Waals surface area contributed by atoms with Gasteiger partial charge in [-0.15, -0.1) is 0 Å². The predicted molar refractivity (Wildman–Crippen MR) is 66.1 cm³/mol. The molecule has 1 unspecified atom stereocenters. The number of nitrogens with two attached hydrogens (primary N) is 1. The van der Waals surface area contributed by atoms with Gasteiger partial charge >= 0.3 is 0 Å². The Kier molecular flexibility index (Phi) is 4.16. The number of hydrogen-bond donors (Lipinski definition) is 1. The Morgan fingerprint density at radius 1 is 1.61 bits per heavy atom. The molecule has 4 nitrogen and oxygen atoms in total. The fourth-order valence-corrected chi connectivity index (χ4v) is 2.13. The lowest BCUT2D eigenvalue weighted by molar-refractivity contribution is -0.0167. The van der Waals surface area contributed by atoms with E-state index in [1.54, 1.807) is 4.90 Å². The SMILES string of the molecule is NCC1CN(C(=O)c2ccc(F)cc2Cl)CCO1. The second-order valence-electron chi connectivity index (χ2n) is 4.10. The standard InChI is InChI=1S/C12H14ClFN2O2/c13-11-5-8(14)1-2-10(11)12(17)16-3-4-18-9(6-15)7-16/h1-2,5,9H,3-4,6-7,15H2. The molecule has 2 N–H and O–H groups in total. The predicted octanol–water partition coefficient (Wildman–Crippen LogP) is 1.28. The number of halogens is 2. The number of morpholine rings is 1. The van der Waals surface area contributed by atoms with Crippen LogP contribution < -0.4 is 5.73 Å². The number of carbonyl (C=O) groups is 1. The molecule has 0 saturated carbocycles. The van der Waals surface area contributed by atoms with E-state index in [0.29, 0.717) is 31.8 Å². The van der Waals surface area contributed by atoms with E-state index in [4.69, 9.17) is 22.1 Å². The number of amides is 1. The van der Waals surface area contributed by atoms with Crippen LogP contribution in [0.3, 0.4) is 0 Å². The number of hydrogen-bond acceptors (Lipinski definition) is 3. The molecule has 18 heavy (non-hydrogen) atoms. The minimum Gasteiger partial charge on any atom is -0.373 e. The zero-order chi connectivity index (χ0) is 13.1. The first kappa shape index (κ1) is 13.3. The maximum absolute atomic E-state index is 12.9. The summed E-state index contributed by atoms with van der Waals surface area (Å²) in [4.78, 5) is 13.8. The third-order valence-corrected chi connectivity index (χ3v) is 3.16. The maximum Gasteiger partial charge on any atom is 0.255 e. The maximum atomic E-state index is 12.9. The Bertz CT molecular complexity index is 456. The minimum absolute atomic E-state index is 0.121. The molecule has 1 aliphatic heterocycles. The molecule has 1 aliphatic rings. The number of ether oxygens (including phenoxy) is 1. The fraction of sp³-hybridized carbons (Fsp3) is 0.417. The van der Waals surface area contributed by atoms with Gasteiger partial charge in [-0.05, 0) is 18.2 Å². The normalized spacial score (nSPS) is 19.9. The van der Waals surface area contributed by atoms with Crippen molar-refractivity contribution >= 4 is 17.5 Å². The van der Waals surface area contributed by atoms with Crippen molar-refractivity contribution < 1.29 is 13.9 Å². The van der Waals surface area contributed by atoms with E-state index in [1.807, 2.05) is 0 Å². The quantitative estimate of drug-likeness (QED) is 0.882. The highest BCUT2D eigenvalue weighted by Crippen LogP contribution is 2.20. The third kappa shape index (κ3) is 2.80. The van der Waals surface area contributed by atoms with E-state index >= 15 is 0 Å². The molecule has 0 aliphatic carbocycles. The van der Waals surface area contributed by atoms with Crippen LogP contribution in [-0.4, -0.2) is 43.2 Å². The molecule has 1 heterocycles. The molecule has 0 radical (unpaired) electrons. The first-order chi connectivity index (χ1) is 8.61. The number of carbonyl (C=O) groups excluding carboxylic acids is 1. The fourth-order valence-electron chi connectivity index (χ4n) is 1.88. The first-order valence-electron chi connectivity index (χ1n) is 5.68. The molecule has 1 saturated heterocycles. The van der Waals surface area contributed by atoms with Gasteiger partial charge in [-0.2, -0.15) is 0 Å². The molecular weight excluding hydrogens is 259 g/mol. The smallest absolute Gasteiger partial charge is 0.255 e.